The molecule has 0 aromatic heterocycles. The number of carbonyl (C=O) groups is 1. The Hall–Kier alpha value is -2.78. The van der Waals surface area contributed by atoms with E-state index in [-0.39, 0.29) is 57.9 Å². The minimum Gasteiger partial charge on any atom is -0.495 e. The van der Waals surface area contributed by atoms with Gasteiger partial charge in [-0.25, -0.2) is 13.2 Å². The molecule has 1 spiro atoms. The Labute approximate surface area is 293 Å². The van der Waals surface area contributed by atoms with Crippen molar-refractivity contribution >= 4 is 21.7 Å². The fraction of sp³-hybridized carbons (Fsp3) is 0.649. The van der Waals surface area contributed by atoms with Crippen LogP contribution in [-0.2, 0) is 29.0 Å². The predicted molar refractivity (Wildman–Crippen MR) is 181 cm³/mol. The van der Waals surface area contributed by atoms with Gasteiger partial charge in [0.2, 0.25) is 0 Å². The normalized spacial score (nSPS) is 42.6. The van der Waals surface area contributed by atoms with Crippen molar-refractivity contribution < 1.29 is 47.1 Å². The van der Waals surface area contributed by atoms with Crippen molar-refractivity contribution in [2.45, 2.75) is 85.1 Å². The third-order valence-electron chi connectivity index (χ3n) is 13.9. The van der Waals surface area contributed by atoms with Gasteiger partial charge in [0, 0.05) is 69.4 Å². The van der Waals surface area contributed by atoms with Gasteiger partial charge in [-0.15, -0.1) is 0 Å². The van der Waals surface area contributed by atoms with E-state index in [0.717, 1.165) is 0 Å². The van der Waals surface area contributed by atoms with Crippen molar-refractivity contribution in [2.24, 2.45) is 29.1 Å². The molecule has 3 N–H and O–H groups in total. The summed E-state index contributed by atoms with van der Waals surface area (Å²) >= 11 is 0. The Balaban J connectivity index is 1.21. The number of methoxy groups -OCH3 is 4. The lowest BCUT2D eigenvalue weighted by Gasteiger charge is -2.70. The van der Waals surface area contributed by atoms with E-state index in [1.54, 1.807) is 63.8 Å². The molecule has 50 heavy (non-hydrogen) atoms. The van der Waals surface area contributed by atoms with E-state index in [0.29, 0.717) is 45.2 Å². The van der Waals surface area contributed by atoms with Crippen molar-refractivity contribution in [2.75, 3.05) is 46.3 Å². The number of esters is 1. The fourth-order valence-corrected chi connectivity index (χ4v) is 13.7. The van der Waals surface area contributed by atoms with Gasteiger partial charge in [0.25, 0.3) is 10.0 Å². The monoisotopic (exact) mass is 712 g/mol. The molecule has 272 valence electrons. The highest BCUT2D eigenvalue weighted by Gasteiger charge is 2.89. The van der Waals surface area contributed by atoms with E-state index < -0.39 is 50.2 Å². The highest BCUT2D eigenvalue weighted by Crippen LogP contribution is 2.79. The van der Waals surface area contributed by atoms with Crippen molar-refractivity contribution in [1.29, 1.82) is 0 Å². The molecule has 1 aliphatic heterocycles. The third-order valence-corrected chi connectivity index (χ3v) is 15.3. The second-order valence-corrected chi connectivity index (χ2v) is 16.9. The van der Waals surface area contributed by atoms with E-state index in [2.05, 4.69) is 16.5 Å². The summed E-state index contributed by atoms with van der Waals surface area (Å²) in [6, 6.07) is 12.6. The maximum Gasteiger partial charge on any atom is 0.340 e. The van der Waals surface area contributed by atoms with Crippen LogP contribution in [0.5, 0.6) is 5.75 Å². The number of nitrogens with one attached hydrogen (secondary N) is 1. The number of ether oxygens (including phenoxy) is 5. The summed E-state index contributed by atoms with van der Waals surface area (Å²) in [5.41, 5.74) is -4.47. The number of carbonyl (C=O) groups excluding carboxylic acids is 1. The summed E-state index contributed by atoms with van der Waals surface area (Å²) in [5.74, 6) is -1.56. The summed E-state index contributed by atoms with van der Waals surface area (Å²) in [7, 11) is 2.25. The smallest absolute Gasteiger partial charge is 0.340 e. The molecule has 12 nitrogen and oxygen atoms in total. The number of piperidine rings is 1. The van der Waals surface area contributed by atoms with Crippen LogP contribution in [0.4, 0.5) is 5.69 Å². The number of hydrogen-bond donors (Lipinski definition) is 3. The molecule has 0 radical (unpaired) electrons. The molecule has 7 bridgehead atoms. The Morgan fingerprint density at radius 1 is 0.980 bits per heavy atom. The van der Waals surface area contributed by atoms with E-state index in [1.165, 1.54) is 13.2 Å². The van der Waals surface area contributed by atoms with Crippen LogP contribution in [-0.4, -0.2) is 112 Å². The Kier molecular flexibility index (Phi) is 7.97. The lowest BCUT2D eigenvalue weighted by atomic mass is 9.44. The molecule has 5 aliphatic carbocycles. The first-order valence-corrected chi connectivity index (χ1v) is 19.2. The van der Waals surface area contributed by atoms with Gasteiger partial charge in [0.15, 0.2) is 0 Å². The molecule has 2 aromatic carbocycles. The van der Waals surface area contributed by atoms with Gasteiger partial charge < -0.3 is 33.9 Å². The first-order chi connectivity index (χ1) is 23.9. The quantitative estimate of drug-likeness (QED) is 0.312. The zero-order valence-corrected chi connectivity index (χ0v) is 30.0. The van der Waals surface area contributed by atoms with E-state index in [4.69, 9.17) is 23.7 Å². The number of para-hydroxylation sites is 2. The number of rotatable bonds is 10. The topological polar surface area (TPSA) is 153 Å². The van der Waals surface area contributed by atoms with Crippen LogP contribution in [0, 0.1) is 29.1 Å². The maximum absolute atomic E-state index is 14.5. The number of likely N-dealkylation sites (tertiary alicyclic amines) is 1. The summed E-state index contributed by atoms with van der Waals surface area (Å²) in [6.45, 7) is 3.19. The Morgan fingerprint density at radius 2 is 1.72 bits per heavy atom. The van der Waals surface area contributed by atoms with Crippen LogP contribution >= 0.6 is 0 Å². The first-order valence-electron chi connectivity index (χ1n) is 17.7. The van der Waals surface area contributed by atoms with E-state index >= 15 is 0 Å². The second kappa shape index (κ2) is 11.6. The van der Waals surface area contributed by atoms with E-state index in [1.807, 2.05) is 0 Å². The molecule has 1 saturated heterocycles. The first kappa shape index (κ1) is 34.3. The molecule has 1 unspecified atom stereocenters. The second-order valence-electron chi connectivity index (χ2n) is 15.3. The zero-order valence-electron chi connectivity index (χ0n) is 29.2. The van der Waals surface area contributed by atoms with Crippen molar-refractivity contribution in [3.05, 3.63) is 54.1 Å². The molecule has 12 atom stereocenters. The molecule has 13 heteroatoms. The van der Waals surface area contributed by atoms with Gasteiger partial charge in [-0.1, -0.05) is 31.2 Å². The van der Waals surface area contributed by atoms with Crippen LogP contribution in [0.2, 0.25) is 0 Å². The minimum absolute atomic E-state index is 0.0550. The van der Waals surface area contributed by atoms with Crippen molar-refractivity contribution in [3.63, 3.8) is 0 Å². The number of benzene rings is 2. The van der Waals surface area contributed by atoms with Crippen LogP contribution in [0.1, 0.15) is 49.4 Å². The van der Waals surface area contributed by atoms with Gasteiger partial charge in [0.05, 0.1) is 36.7 Å². The Morgan fingerprint density at radius 3 is 2.42 bits per heavy atom. The van der Waals surface area contributed by atoms with Crippen LogP contribution < -0.4 is 9.46 Å². The summed E-state index contributed by atoms with van der Waals surface area (Å²) in [4.78, 5) is 16.8. The number of fused-ring (bicyclic) bond motifs is 2. The third kappa shape index (κ3) is 4.14. The average molecular weight is 713 g/mol. The Bertz CT molecular complexity index is 1790. The standard InChI is InChI=1S/C37H48N2O10S/c1-6-39-20-34(49-33(40)21-11-7-8-12-24(21)38-50(43,44)27-14-10-9-13-25(27)45-2)16-15-30(47-4)36-28(34)18-23(31(36)39)35(41)19-26(46-3)22-17-29(36)37(35,42)32(22)48-5/h7-14,22-23,26,28-32,38,41-42H,6,15-20H2,1-5H3/t22-,23+,26+,28-,29+,30+,31?,32+,34-,35+,36+,37+/m1/s1. The molecule has 0 amide bonds. The molecule has 1 heterocycles. The van der Waals surface area contributed by atoms with Gasteiger partial charge in [0.1, 0.15) is 27.4 Å². The number of aliphatic hydroxyl groups is 2. The number of hydrogen-bond acceptors (Lipinski definition) is 11. The van der Waals surface area contributed by atoms with Gasteiger partial charge in [-0.2, -0.15) is 0 Å². The molecule has 6 fully saturated rings. The molecular weight excluding hydrogens is 664 g/mol. The average Bonchev–Trinajstić information content (AvgIpc) is 3.54. The largest absolute Gasteiger partial charge is 0.495 e. The van der Waals surface area contributed by atoms with E-state index in [9.17, 15) is 23.4 Å². The van der Waals surface area contributed by atoms with Crippen LogP contribution in [0.3, 0.4) is 0 Å². The van der Waals surface area contributed by atoms with Crippen LogP contribution in [0.25, 0.3) is 0 Å². The van der Waals surface area contributed by atoms with Gasteiger partial charge in [-0.3, -0.25) is 9.62 Å². The number of anilines is 1. The lowest BCUT2D eigenvalue weighted by Crippen LogP contribution is -2.83. The van der Waals surface area contributed by atoms with Crippen molar-refractivity contribution in [3.8, 4) is 5.75 Å². The lowest BCUT2D eigenvalue weighted by molar-refractivity contribution is -0.337. The maximum atomic E-state index is 14.5. The summed E-state index contributed by atoms with van der Waals surface area (Å²) in [5, 5.41) is 25.9. The highest BCUT2D eigenvalue weighted by atomic mass is 32.2. The minimum atomic E-state index is -4.14. The molecule has 6 aliphatic rings. The molecule has 5 saturated carbocycles. The zero-order chi connectivity index (χ0) is 35.4. The number of likely N-dealkylation sites (N-methyl/N-ethyl adjacent to an activating group) is 1. The van der Waals surface area contributed by atoms with Crippen molar-refractivity contribution in [1.82, 2.24) is 4.90 Å². The number of sulfonamides is 1. The number of nitrogens with zero attached hydrogens (tertiary/aromatic N) is 1. The highest BCUT2D eigenvalue weighted by molar-refractivity contribution is 7.92. The summed E-state index contributed by atoms with van der Waals surface area (Å²) in [6.07, 6.45) is 1.40. The molecule has 2 aromatic rings. The summed E-state index contributed by atoms with van der Waals surface area (Å²) < 4.78 is 60.3. The molecular formula is C37H48N2O10S. The molecule has 8 rings (SSSR count). The predicted octanol–water partition coefficient (Wildman–Crippen LogP) is 3.07. The van der Waals surface area contributed by atoms with Gasteiger partial charge >= 0.3 is 5.97 Å². The SMILES string of the molecule is CCN1C[C@]2(OC(=O)c3ccccc3NS(=O)(=O)c3ccccc3OC)CC[C@H](OC)[C@]34C1[C@H](C[C@H]23)[C@@]1(O)C[C@H](OC)[C@H]2C[C@@H]4[C@]1(O)[C@H]2OC. The van der Waals surface area contributed by atoms with Crippen LogP contribution in [0.15, 0.2) is 53.4 Å². The van der Waals surface area contributed by atoms with Gasteiger partial charge in [-0.05, 0) is 56.5 Å². The fourth-order valence-electron chi connectivity index (χ4n) is 12.4.